The summed E-state index contributed by atoms with van der Waals surface area (Å²) in [7, 11) is 1.64. The molecule has 1 aromatic heterocycles. The molecular formula is C12H20N2O2. The molecule has 1 N–H and O–H groups in total. The first-order valence-corrected chi connectivity index (χ1v) is 5.90. The molecule has 1 unspecified atom stereocenters. The first kappa shape index (κ1) is 11.6. The van der Waals surface area contributed by atoms with Gasteiger partial charge in [0.2, 0.25) is 0 Å². The Morgan fingerprint density at radius 2 is 2.38 bits per heavy atom. The fourth-order valence-corrected chi connectivity index (χ4v) is 2.21. The molecule has 0 saturated heterocycles. The Hall–Kier alpha value is -0.870. The van der Waals surface area contributed by atoms with E-state index in [1.807, 2.05) is 17.1 Å². The van der Waals surface area contributed by atoms with Crippen molar-refractivity contribution in [3.05, 3.63) is 18.0 Å². The van der Waals surface area contributed by atoms with Crippen molar-refractivity contribution in [2.24, 2.45) is 5.92 Å². The first-order chi connectivity index (χ1) is 7.68. The number of aromatic nitrogens is 2. The van der Waals surface area contributed by atoms with E-state index in [9.17, 15) is 5.11 Å². The average Bonchev–Trinajstić information content (AvgIpc) is 3.02. The van der Waals surface area contributed by atoms with Gasteiger partial charge in [0.15, 0.2) is 0 Å². The zero-order chi connectivity index (χ0) is 11.6. The van der Waals surface area contributed by atoms with Gasteiger partial charge < -0.3 is 9.84 Å². The monoisotopic (exact) mass is 224 g/mol. The smallest absolute Gasteiger partial charge is 0.0949 e. The normalized spacial score (nSPS) is 19.7. The maximum Gasteiger partial charge on any atom is 0.0949 e. The van der Waals surface area contributed by atoms with E-state index >= 15 is 0 Å². The number of rotatable bonds is 6. The number of nitrogens with zero attached hydrogens (tertiary/aromatic N) is 2. The van der Waals surface area contributed by atoms with Gasteiger partial charge in [-0.1, -0.05) is 0 Å². The molecule has 1 atom stereocenters. The summed E-state index contributed by atoms with van der Waals surface area (Å²) < 4.78 is 7.02. The molecule has 0 radical (unpaired) electrons. The summed E-state index contributed by atoms with van der Waals surface area (Å²) in [5.74, 6) is 0.400. The highest BCUT2D eigenvalue weighted by molar-refractivity contribution is 5.11. The van der Waals surface area contributed by atoms with Crippen molar-refractivity contribution in [1.29, 1.82) is 0 Å². The second kappa shape index (κ2) is 4.55. The molecule has 4 nitrogen and oxygen atoms in total. The third-order valence-electron chi connectivity index (χ3n) is 3.25. The van der Waals surface area contributed by atoms with Gasteiger partial charge in [-0.15, -0.1) is 0 Å². The highest BCUT2D eigenvalue weighted by Crippen LogP contribution is 2.41. The van der Waals surface area contributed by atoms with Gasteiger partial charge in [0.1, 0.15) is 0 Å². The van der Waals surface area contributed by atoms with Crippen LogP contribution in [0.15, 0.2) is 12.4 Å². The van der Waals surface area contributed by atoms with Crippen molar-refractivity contribution in [3.63, 3.8) is 0 Å². The van der Waals surface area contributed by atoms with Crippen LogP contribution in [0, 0.1) is 5.92 Å². The first-order valence-electron chi connectivity index (χ1n) is 5.90. The summed E-state index contributed by atoms with van der Waals surface area (Å²) in [6.45, 7) is 3.33. The molecule has 16 heavy (non-hydrogen) atoms. The number of methoxy groups -OCH3 is 1. The highest BCUT2D eigenvalue weighted by atomic mass is 16.5. The second-order valence-electron chi connectivity index (χ2n) is 4.69. The zero-order valence-electron chi connectivity index (χ0n) is 10.0. The highest BCUT2D eigenvalue weighted by Gasteiger charge is 2.43. The average molecular weight is 224 g/mol. The van der Waals surface area contributed by atoms with Crippen LogP contribution in [-0.4, -0.2) is 34.2 Å². The van der Waals surface area contributed by atoms with Crippen molar-refractivity contribution in [1.82, 2.24) is 9.78 Å². The molecule has 1 heterocycles. The summed E-state index contributed by atoms with van der Waals surface area (Å²) >= 11 is 0. The van der Waals surface area contributed by atoms with Gasteiger partial charge in [0.25, 0.3) is 0 Å². The SMILES string of the molecule is CCn1cc(CC(O)(COC)C2CC2)cn1. The lowest BCUT2D eigenvalue weighted by Crippen LogP contribution is -2.39. The molecule has 1 aliphatic rings. The minimum Gasteiger partial charge on any atom is -0.387 e. The standard InChI is InChI=1S/C12H20N2O2/c1-3-14-8-10(7-13-14)6-12(15,9-16-2)11-4-5-11/h7-8,11,15H,3-6,9H2,1-2H3. The van der Waals surface area contributed by atoms with Gasteiger partial charge in [-0.3, -0.25) is 4.68 Å². The van der Waals surface area contributed by atoms with Crippen LogP contribution in [0.3, 0.4) is 0 Å². The molecule has 0 aliphatic heterocycles. The predicted octanol–water partition coefficient (Wildman–Crippen LogP) is 1.23. The second-order valence-corrected chi connectivity index (χ2v) is 4.69. The third-order valence-corrected chi connectivity index (χ3v) is 3.25. The topological polar surface area (TPSA) is 47.3 Å². The van der Waals surface area contributed by atoms with E-state index in [1.165, 1.54) is 0 Å². The fraction of sp³-hybridized carbons (Fsp3) is 0.750. The van der Waals surface area contributed by atoms with Crippen LogP contribution < -0.4 is 0 Å². The molecule has 0 aromatic carbocycles. The molecule has 4 heteroatoms. The van der Waals surface area contributed by atoms with Crippen LogP contribution in [0.5, 0.6) is 0 Å². The van der Waals surface area contributed by atoms with E-state index in [1.54, 1.807) is 7.11 Å². The van der Waals surface area contributed by atoms with Gasteiger partial charge in [-0.05, 0) is 31.2 Å². The van der Waals surface area contributed by atoms with Crippen LogP contribution in [0.1, 0.15) is 25.3 Å². The Morgan fingerprint density at radius 3 is 2.88 bits per heavy atom. The van der Waals surface area contributed by atoms with Crippen molar-refractivity contribution < 1.29 is 9.84 Å². The number of hydrogen-bond donors (Lipinski definition) is 1. The van der Waals surface area contributed by atoms with E-state index in [0.29, 0.717) is 18.9 Å². The molecule has 0 bridgehead atoms. The number of hydrogen-bond acceptors (Lipinski definition) is 3. The molecule has 2 rings (SSSR count). The fourth-order valence-electron chi connectivity index (χ4n) is 2.21. The molecule has 1 aromatic rings. The lowest BCUT2D eigenvalue weighted by molar-refractivity contribution is -0.0474. The van der Waals surface area contributed by atoms with Crippen LogP contribution in [0.4, 0.5) is 0 Å². The van der Waals surface area contributed by atoms with Crippen LogP contribution in [-0.2, 0) is 17.7 Å². The van der Waals surface area contributed by atoms with Gasteiger partial charge in [-0.2, -0.15) is 5.10 Å². The van der Waals surface area contributed by atoms with Gasteiger partial charge >= 0.3 is 0 Å². The molecular weight excluding hydrogens is 204 g/mol. The Morgan fingerprint density at radius 1 is 1.62 bits per heavy atom. The Balaban J connectivity index is 2.04. The Bertz CT molecular complexity index is 347. The lowest BCUT2D eigenvalue weighted by atomic mass is 9.92. The maximum atomic E-state index is 10.5. The maximum absolute atomic E-state index is 10.5. The zero-order valence-corrected chi connectivity index (χ0v) is 10.0. The summed E-state index contributed by atoms with van der Waals surface area (Å²) in [5.41, 5.74) is 0.393. The number of aryl methyl sites for hydroxylation is 1. The quantitative estimate of drug-likeness (QED) is 0.790. The van der Waals surface area contributed by atoms with Crippen molar-refractivity contribution >= 4 is 0 Å². The molecule has 1 fully saturated rings. The Kier molecular flexibility index (Phi) is 3.30. The lowest BCUT2D eigenvalue weighted by Gasteiger charge is -2.26. The van der Waals surface area contributed by atoms with E-state index in [0.717, 1.165) is 24.9 Å². The minimum absolute atomic E-state index is 0.400. The number of ether oxygens (including phenoxy) is 1. The van der Waals surface area contributed by atoms with Crippen molar-refractivity contribution in [2.45, 2.75) is 38.3 Å². The van der Waals surface area contributed by atoms with Crippen LogP contribution in [0.25, 0.3) is 0 Å². The van der Waals surface area contributed by atoms with Crippen LogP contribution >= 0.6 is 0 Å². The molecule has 1 saturated carbocycles. The minimum atomic E-state index is -0.698. The largest absolute Gasteiger partial charge is 0.387 e. The van der Waals surface area contributed by atoms with Crippen molar-refractivity contribution in [3.8, 4) is 0 Å². The number of aliphatic hydroxyl groups is 1. The van der Waals surface area contributed by atoms with Crippen LogP contribution in [0.2, 0.25) is 0 Å². The van der Waals surface area contributed by atoms with Gasteiger partial charge in [-0.25, -0.2) is 0 Å². The summed E-state index contributed by atoms with van der Waals surface area (Å²) in [6.07, 6.45) is 6.71. The van der Waals surface area contributed by atoms with E-state index in [2.05, 4.69) is 12.0 Å². The van der Waals surface area contributed by atoms with E-state index < -0.39 is 5.60 Å². The molecule has 0 spiro atoms. The molecule has 0 amide bonds. The Labute approximate surface area is 96.2 Å². The molecule has 90 valence electrons. The summed E-state index contributed by atoms with van der Waals surface area (Å²) in [5, 5.41) is 14.7. The molecule has 1 aliphatic carbocycles. The van der Waals surface area contributed by atoms with Gasteiger partial charge in [0.05, 0.1) is 18.4 Å². The third kappa shape index (κ3) is 2.44. The van der Waals surface area contributed by atoms with E-state index in [-0.39, 0.29) is 0 Å². The summed E-state index contributed by atoms with van der Waals surface area (Å²) in [4.78, 5) is 0. The van der Waals surface area contributed by atoms with E-state index in [4.69, 9.17) is 4.74 Å². The van der Waals surface area contributed by atoms with Crippen molar-refractivity contribution in [2.75, 3.05) is 13.7 Å². The predicted molar refractivity (Wildman–Crippen MR) is 61.2 cm³/mol. The van der Waals surface area contributed by atoms with Gasteiger partial charge in [0, 0.05) is 26.3 Å². The summed E-state index contributed by atoms with van der Waals surface area (Å²) in [6, 6.07) is 0.